The normalized spacial score (nSPS) is 26.5. The molecule has 142 valence electrons. The Balaban J connectivity index is 1.74. The average Bonchev–Trinajstić information content (AvgIpc) is 3.42. The van der Waals surface area contributed by atoms with E-state index < -0.39 is 6.02 Å². The van der Waals surface area contributed by atoms with Gasteiger partial charge in [-0.3, -0.25) is 0 Å². The van der Waals surface area contributed by atoms with Gasteiger partial charge in [0.25, 0.3) is 5.82 Å². The van der Waals surface area contributed by atoms with Crippen LogP contribution in [0.1, 0.15) is 93.9 Å². The highest BCUT2D eigenvalue weighted by molar-refractivity contribution is 5.52. The summed E-state index contributed by atoms with van der Waals surface area (Å²) in [6.07, 6.45) is 15.9. The van der Waals surface area contributed by atoms with Crippen LogP contribution in [0, 0.1) is 19.8 Å². The number of imidazole rings is 1. The summed E-state index contributed by atoms with van der Waals surface area (Å²) in [6, 6.07) is 8.15. The summed E-state index contributed by atoms with van der Waals surface area (Å²) in [6.45, 7) is 4.47. The first-order chi connectivity index (χ1) is 13.6. The zero-order valence-corrected chi connectivity index (χ0v) is 16.9. The van der Waals surface area contributed by atoms with E-state index in [-0.39, 0.29) is 0 Å². The molecule has 0 amide bonds. The van der Waals surface area contributed by atoms with Gasteiger partial charge in [-0.2, -0.15) is 4.57 Å². The van der Waals surface area contributed by atoms with Crippen molar-refractivity contribution in [3.05, 3.63) is 53.1 Å². The highest BCUT2D eigenvalue weighted by Gasteiger charge is 2.42. The number of hydrogen-bond donors (Lipinski definition) is 0. The number of fused-ring (bicyclic) bond motifs is 1. The second kappa shape index (κ2) is 6.96. The molecule has 2 aromatic rings. The summed E-state index contributed by atoms with van der Waals surface area (Å²) < 4.78 is 14.6. The predicted molar refractivity (Wildman–Crippen MR) is 111 cm³/mol. The first-order valence-electron chi connectivity index (χ1n) is 11.5. The van der Waals surface area contributed by atoms with Crippen molar-refractivity contribution < 1.29 is 5.94 Å². The lowest BCUT2D eigenvalue weighted by atomic mass is 9.84. The fourth-order valence-corrected chi connectivity index (χ4v) is 5.76. The van der Waals surface area contributed by atoms with E-state index in [2.05, 4.69) is 59.4 Å². The molecule has 1 aromatic heterocycles. The Bertz CT molecular complexity index is 913. The maximum absolute atomic E-state index is 9.65. The number of aryl methyl sites for hydroxylation is 1. The molecule has 1 atom stereocenters. The Hall–Kier alpha value is -1.83. The third-order valence-electron chi connectivity index (χ3n) is 7.18. The lowest BCUT2D eigenvalue weighted by molar-refractivity contribution is -0.724. The van der Waals surface area contributed by atoms with Gasteiger partial charge in [0.2, 0.25) is 0 Å². The van der Waals surface area contributed by atoms with E-state index in [0.29, 0.717) is 11.8 Å². The van der Waals surface area contributed by atoms with Crippen LogP contribution in [0.25, 0.3) is 11.8 Å². The van der Waals surface area contributed by atoms with Crippen LogP contribution >= 0.6 is 0 Å². The van der Waals surface area contributed by atoms with E-state index in [9.17, 15) is 1.37 Å². The molecule has 5 rings (SSSR count). The molecular weight excluding hydrogens is 328 g/mol. The summed E-state index contributed by atoms with van der Waals surface area (Å²) >= 11 is 0. The number of para-hydroxylation sites is 1. The summed E-state index contributed by atoms with van der Waals surface area (Å²) in [7, 11) is 0. The Morgan fingerprint density at radius 3 is 2.41 bits per heavy atom. The summed E-state index contributed by atoms with van der Waals surface area (Å²) in [5, 5.41) is 0. The maximum atomic E-state index is 9.65. The van der Waals surface area contributed by atoms with Crippen LogP contribution in [0.4, 0.5) is 0 Å². The second-order valence-corrected chi connectivity index (χ2v) is 8.86. The zero-order chi connectivity index (χ0) is 19.3. The van der Waals surface area contributed by atoms with Crippen molar-refractivity contribution in [2.45, 2.75) is 83.6 Å². The highest BCUT2D eigenvalue weighted by atomic mass is 15.2. The van der Waals surface area contributed by atoms with Gasteiger partial charge in [-0.15, -0.1) is 0 Å². The summed E-state index contributed by atoms with van der Waals surface area (Å²) in [5.41, 5.74) is 5.18. The maximum Gasteiger partial charge on any atom is 0.265 e. The molecule has 1 aromatic carbocycles. The van der Waals surface area contributed by atoms with E-state index in [0.717, 1.165) is 0 Å². The number of rotatable bonds is 3. The molecule has 2 heterocycles. The van der Waals surface area contributed by atoms with Crippen molar-refractivity contribution in [1.82, 2.24) is 4.57 Å². The van der Waals surface area contributed by atoms with Gasteiger partial charge in [-0.05, 0) is 56.4 Å². The Morgan fingerprint density at radius 2 is 1.67 bits per heavy atom. The average molecular weight is 363 g/mol. The lowest BCUT2D eigenvalue weighted by Gasteiger charge is -2.26. The molecular formula is C25H33N2+. The number of allylic oxidation sites excluding steroid dienone is 1. The first-order valence-corrected chi connectivity index (χ1v) is 11.0. The van der Waals surface area contributed by atoms with Gasteiger partial charge in [0.1, 0.15) is 11.7 Å². The molecule has 0 N–H and O–H groups in total. The minimum Gasteiger partial charge on any atom is -0.220 e. The number of nitrogens with zero attached hydrogens (tertiary/aromatic N) is 2. The second-order valence-electron chi connectivity index (χ2n) is 8.86. The fourth-order valence-electron chi connectivity index (χ4n) is 5.76. The van der Waals surface area contributed by atoms with E-state index >= 15 is 0 Å². The largest absolute Gasteiger partial charge is 0.265 e. The SMILES string of the molecule is [2H]C1(C2CCCCC2)C=Cc2c(C)n(-c3ccccc3C)c(C3CCCC3)[n+]21. The molecule has 0 bridgehead atoms. The van der Waals surface area contributed by atoms with Crippen LogP contribution in [0.5, 0.6) is 0 Å². The van der Waals surface area contributed by atoms with Crippen LogP contribution < -0.4 is 4.57 Å². The standard InChI is InChI=1S/C25H33N2/c1-18-10-6-9-15-22(18)26-19(2)23-16-17-24(20-11-4-3-5-12-20)27(23)25(26)21-13-7-8-14-21/h6,9-10,15-17,20-21,24H,3-5,7-8,11-14H2,1-2H3/q+1/i24D. The quantitative estimate of drug-likeness (QED) is 0.576. The molecule has 2 saturated carbocycles. The minimum atomic E-state index is -0.605. The van der Waals surface area contributed by atoms with E-state index in [1.165, 1.54) is 86.3 Å². The van der Waals surface area contributed by atoms with E-state index in [1.54, 1.807) is 0 Å². The van der Waals surface area contributed by atoms with Gasteiger partial charge in [-0.1, -0.05) is 50.3 Å². The third-order valence-corrected chi connectivity index (χ3v) is 7.18. The Labute approximate surface area is 165 Å². The number of benzene rings is 1. The van der Waals surface area contributed by atoms with Gasteiger partial charge in [-0.25, -0.2) is 4.57 Å². The molecule has 2 fully saturated rings. The van der Waals surface area contributed by atoms with Crippen LogP contribution in [0.3, 0.4) is 0 Å². The molecule has 0 radical (unpaired) electrons. The van der Waals surface area contributed by atoms with E-state index in [4.69, 9.17) is 0 Å². The van der Waals surface area contributed by atoms with Crippen LogP contribution in [0.2, 0.25) is 0 Å². The van der Waals surface area contributed by atoms with Crippen molar-refractivity contribution >= 4 is 6.08 Å². The minimum absolute atomic E-state index is 0.441. The molecule has 1 aliphatic heterocycles. The van der Waals surface area contributed by atoms with Crippen molar-refractivity contribution in [1.29, 1.82) is 0 Å². The molecule has 27 heavy (non-hydrogen) atoms. The number of aromatic nitrogens is 2. The highest BCUT2D eigenvalue weighted by Crippen LogP contribution is 2.41. The fraction of sp³-hybridized carbons (Fsp3) is 0.560. The van der Waals surface area contributed by atoms with Gasteiger partial charge in [0, 0.05) is 12.8 Å². The van der Waals surface area contributed by atoms with Crippen LogP contribution in [-0.4, -0.2) is 4.57 Å². The Morgan fingerprint density at radius 1 is 0.963 bits per heavy atom. The summed E-state index contributed by atoms with van der Waals surface area (Å²) in [5.74, 6) is 2.40. The van der Waals surface area contributed by atoms with Crippen molar-refractivity contribution in [3.8, 4) is 5.69 Å². The third kappa shape index (κ3) is 2.80. The monoisotopic (exact) mass is 362 g/mol. The molecule has 0 spiro atoms. The molecule has 2 nitrogen and oxygen atoms in total. The first kappa shape index (κ1) is 16.2. The van der Waals surface area contributed by atoms with Gasteiger partial charge in [0.05, 0.1) is 7.29 Å². The molecule has 3 aliphatic rings. The molecule has 1 unspecified atom stereocenters. The van der Waals surface area contributed by atoms with E-state index in [1.807, 2.05) is 0 Å². The van der Waals surface area contributed by atoms with Gasteiger partial charge >= 0.3 is 0 Å². The van der Waals surface area contributed by atoms with Gasteiger partial charge < -0.3 is 0 Å². The number of hydrogen-bond acceptors (Lipinski definition) is 0. The van der Waals surface area contributed by atoms with Crippen LogP contribution in [0.15, 0.2) is 30.3 Å². The molecule has 0 saturated heterocycles. The van der Waals surface area contributed by atoms with Crippen LogP contribution in [-0.2, 0) is 0 Å². The predicted octanol–water partition coefficient (Wildman–Crippen LogP) is 6.19. The van der Waals surface area contributed by atoms with Gasteiger partial charge in [0.15, 0.2) is 11.4 Å². The Kier molecular flexibility index (Phi) is 4.17. The van der Waals surface area contributed by atoms with Crippen molar-refractivity contribution in [2.24, 2.45) is 5.92 Å². The summed E-state index contributed by atoms with van der Waals surface area (Å²) in [4.78, 5) is 0. The zero-order valence-electron chi connectivity index (χ0n) is 17.9. The lowest BCUT2D eigenvalue weighted by Crippen LogP contribution is -2.46. The van der Waals surface area contributed by atoms with Crippen molar-refractivity contribution in [2.75, 3.05) is 0 Å². The topological polar surface area (TPSA) is 8.81 Å². The van der Waals surface area contributed by atoms with Crippen molar-refractivity contribution in [3.63, 3.8) is 0 Å². The molecule has 2 aliphatic carbocycles. The smallest absolute Gasteiger partial charge is 0.220 e. The molecule has 2 heteroatoms.